The van der Waals surface area contributed by atoms with Crippen molar-refractivity contribution in [3.8, 4) is 0 Å². The highest BCUT2D eigenvalue weighted by molar-refractivity contribution is 8.00. The molecule has 0 aliphatic heterocycles. The first-order valence-corrected chi connectivity index (χ1v) is 10.6. The Bertz CT molecular complexity index is 1040. The Labute approximate surface area is 160 Å². The number of aromatic nitrogens is 2. The summed E-state index contributed by atoms with van der Waals surface area (Å²) in [5.74, 6) is -0.754. The zero-order valence-electron chi connectivity index (χ0n) is 14.1. The zero-order valence-corrected chi connectivity index (χ0v) is 15.8. The minimum atomic E-state index is -3.60. The van der Waals surface area contributed by atoms with E-state index in [9.17, 15) is 17.6 Å². The molecule has 0 spiro atoms. The molecule has 0 bridgehead atoms. The Hall–Kier alpha value is -2.59. The topological polar surface area (TPSA) is 92.6 Å². The molecular formula is C17H17FN4O3S2. The van der Waals surface area contributed by atoms with E-state index in [0.717, 1.165) is 10.4 Å². The molecule has 3 aromatic rings. The van der Waals surface area contributed by atoms with Crippen molar-refractivity contribution in [2.45, 2.75) is 4.90 Å². The maximum absolute atomic E-state index is 12.8. The second-order valence-electron chi connectivity index (χ2n) is 5.63. The highest BCUT2D eigenvalue weighted by Gasteiger charge is 2.12. The molecule has 0 saturated heterocycles. The number of benzene rings is 1. The molecule has 2 heterocycles. The number of nitrogens with zero attached hydrogens (tertiary/aromatic N) is 2. The predicted molar refractivity (Wildman–Crippen MR) is 103 cm³/mol. The number of sulfonamides is 1. The van der Waals surface area contributed by atoms with Gasteiger partial charge in [0.15, 0.2) is 0 Å². The van der Waals surface area contributed by atoms with Gasteiger partial charge >= 0.3 is 0 Å². The van der Waals surface area contributed by atoms with E-state index in [2.05, 4.69) is 15.1 Å². The van der Waals surface area contributed by atoms with Crippen LogP contribution in [0.15, 0.2) is 59.8 Å². The summed E-state index contributed by atoms with van der Waals surface area (Å²) in [5, 5.41) is 6.60. The maximum Gasteiger partial charge on any atom is 0.234 e. The second kappa shape index (κ2) is 8.40. The van der Waals surface area contributed by atoms with Crippen LogP contribution in [0.2, 0.25) is 0 Å². The molecule has 0 atom stereocenters. The first kappa shape index (κ1) is 19.2. The smallest absolute Gasteiger partial charge is 0.234 e. The van der Waals surface area contributed by atoms with Gasteiger partial charge in [0.05, 0.1) is 22.7 Å². The molecule has 142 valence electrons. The molecule has 0 radical (unpaired) electrons. The third kappa shape index (κ3) is 5.69. The minimum absolute atomic E-state index is 0.00687. The molecule has 27 heavy (non-hydrogen) atoms. The van der Waals surface area contributed by atoms with Gasteiger partial charge in [0.1, 0.15) is 5.82 Å². The SMILES string of the molecule is O=C(CSc1ccc(F)cc1)NCCS(=O)(=O)Nc1ccn2nccc2c1. The van der Waals surface area contributed by atoms with Crippen LogP contribution in [0, 0.1) is 5.82 Å². The molecule has 0 unspecified atom stereocenters. The summed E-state index contributed by atoms with van der Waals surface area (Å²) in [6.45, 7) is -0.00687. The number of carbonyl (C=O) groups is 1. The fraction of sp³-hybridized carbons (Fsp3) is 0.176. The zero-order chi connectivity index (χ0) is 19.3. The van der Waals surface area contributed by atoms with Gasteiger partial charge < -0.3 is 5.32 Å². The van der Waals surface area contributed by atoms with Crippen LogP contribution in [0.25, 0.3) is 5.52 Å². The third-order valence-corrected chi connectivity index (χ3v) is 5.85. The number of amides is 1. The van der Waals surface area contributed by atoms with E-state index in [-0.39, 0.29) is 29.8 Å². The van der Waals surface area contributed by atoms with Crippen LogP contribution < -0.4 is 10.0 Å². The van der Waals surface area contributed by atoms with Crippen molar-refractivity contribution in [2.75, 3.05) is 22.8 Å². The molecule has 0 aliphatic rings. The second-order valence-corrected chi connectivity index (χ2v) is 8.52. The standard InChI is InChI=1S/C17H17FN4O3S2/c18-13-1-3-16(4-2-13)26-12-17(23)19-8-10-27(24,25)21-14-6-9-22-15(11-14)5-7-20-22/h1-7,9,11,21H,8,10,12H2,(H,19,23). The first-order valence-electron chi connectivity index (χ1n) is 8.00. The summed E-state index contributed by atoms with van der Waals surface area (Å²) in [4.78, 5) is 12.6. The van der Waals surface area contributed by atoms with E-state index in [0.29, 0.717) is 5.69 Å². The summed E-state index contributed by atoms with van der Waals surface area (Å²) >= 11 is 1.25. The van der Waals surface area contributed by atoms with Crippen LogP contribution in [0.3, 0.4) is 0 Å². The number of fused-ring (bicyclic) bond motifs is 1. The Morgan fingerprint density at radius 3 is 2.74 bits per heavy atom. The highest BCUT2D eigenvalue weighted by atomic mass is 32.2. The average molecular weight is 408 g/mol. The molecule has 1 aromatic carbocycles. The van der Waals surface area contributed by atoms with Crippen molar-refractivity contribution in [2.24, 2.45) is 0 Å². The van der Waals surface area contributed by atoms with E-state index in [1.807, 2.05) is 0 Å². The molecular weight excluding hydrogens is 391 g/mol. The number of halogens is 1. The van der Waals surface area contributed by atoms with Crippen LogP contribution >= 0.6 is 11.8 Å². The van der Waals surface area contributed by atoms with Gasteiger partial charge in [0.2, 0.25) is 15.9 Å². The fourth-order valence-corrected chi connectivity index (χ4v) is 3.96. The van der Waals surface area contributed by atoms with Crippen LogP contribution in [-0.2, 0) is 14.8 Å². The van der Waals surface area contributed by atoms with E-state index in [4.69, 9.17) is 0 Å². The Morgan fingerprint density at radius 1 is 1.19 bits per heavy atom. The van der Waals surface area contributed by atoms with Gasteiger partial charge in [-0.05, 0) is 42.5 Å². The van der Waals surface area contributed by atoms with Crippen LogP contribution in [0.5, 0.6) is 0 Å². The van der Waals surface area contributed by atoms with E-state index in [1.165, 1.54) is 23.9 Å². The maximum atomic E-state index is 12.8. The van der Waals surface area contributed by atoms with E-state index in [1.54, 1.807) is 47.2 Å². The van der Waals surface area contributed by atoms with Gasteiger partial charge in [-0.2, -0.15) is 5.10 Å². The lowest BCUT2D eigenvalue weighted by molar-refractivity contribution is -0.118. The number of anilines is 1. The fourth-order valence-electron chi connectivity index (χ4n) is 2.27. The molecule has 0 aliphatic carbocycles. The van der Waals surface area contributed by atoms with Gasteiger partial charge in [-0.1, -0.05) is 0 Å². The quantitative estimate of drug-likeness (QED) is 0.557. The van der Waals surface area contributed by atoms with Gasteiger partial charge in [0, 0.05) is 23.8 Å². The summed E-state index contributed by atoms with van der Waals surface area (Å²) in [6, 6.07) is 10.8. The summed E-state index contributed by atoms with van der Waals surface area (Å²) < 4.78 is 41.2. The number of carbonyl (C=O) groups excluding carboxylic acids is 1. The number of thioether (sulfide) groups is 1. The molecule has 2 N–H and O–H groups in total. The Kier molecular flexibility index (Phi) is 5.97. The summed E-state index contributed by atoms with van der Waals surface area (Å²) in [6.07, 6.45) is 3.27. The Morgan fingerprint density at radius 2 is 1.96 bits per heavy atom. The van der Waals surface area contributed by atoms with Crippen molar-refractivity contribution in [1.29, 1.82) is 0 Å². The number of pyridine rings is 1. The highest BCUT2D eigenvalue weighted by Crippen LogP contribution is 2.17. The summed E-state index contributed by atoms with van der Waals surface area (Å²) in [5.41, 5.74) is 1.20. The average Bonchev–Trinajstić information content (AvgIpc) is 3.08. The van der Waals surface area contributed by atoms with Crippen molar-refractivity contribution in [1.82, 2.24) is 14.9 Å². The van der Waals surface area contributed by atoms with Crippen LogP contribution in [0.1, 0.15) is 0 Å². The Balaban J connectivity index is 1.44. The van der Waals surface area contributed by atoms with Crippen molar-refractivity contribution < 1.29 is 17.6 Å². The first-order chi connectivity index (χ1) is 12.9. The van der Waals surface area contributed by atoms with Gasteiger partial charge in [-0.25, -0.2) is 17.3 Å². The van der Waals surface area contributed by atoms with Gasteiger partial charge in [-0.3, -0.25) is 9.52 Å². The number of rotatable bonds is 8. The molecule has 3 rings (SSSR count). The lowest BCUT2D eigenvalue weighted by Crippen LogP contribution is -2.32. The van der Waals surface area contributed by atoms with Gasteiger partial charge in [0.25, 0.3) is 0 Å². The normalized spacial score (nSPS) is 11.4. The number of hydrogen-bond donors (Lipinski definition) is 2. The monoisotopic (exact) mass is 408 g/mol. The van der Waals surface area contributed by atoms with Crippen LogP contribution in [-0.4, -0.2) is 42.0 Å². The van der Waals surface area contributed by atoms with E-state index < -0.39 is 10.0 Å². The summed E-state index contributed by atoms with van der Waals surface area (Å²) in [7, 11) is -3.60. The third-order valence-electron chi connectivity index (χ3n) is 3.55. The predicted octanol–water partition coefficient (Wildman–Crippen LogP) is 2.12. The number of hydrogen-bond acceptors (Lipinski definition) is 5. The molecule has 10 heteroatoms. The van der Waals surface area contributed by atoms with Crippen LogP contribution in [0.4, 0.5) is 10.1 Å². The largest absolute Gasteiger partial charge is 0.354 e. The van der Waals surface area contributed by atoms with Gasteiger partial charge in [-0.15, -0.1) is 11.8 Å². The lowest BCUT2D eigenvalue weighted by Gasteiger charge is -2.09. The van der Waals surface area contributed by atoms with Crippen molar-refractivity contribution in [3.63, 3.8) is 0 Å². The lowest BCUT2D eigenvalue weighted by atomic mass is 10.4. The number of nitrogens with one attached hydrogen (secondary N) is 2. The molecule has 0 fully saturated rings. The van der Waals surface area contributed by atoms with E-state index >= 15 is 0 Å². The molecule has 1 amide bonds. The molecule has 2 aromatic heterocycles. The van der Waals surface area contributed by atoms with Crippen molar-refractivity contribution in [3.05, 3.63) is 60.7 Å². The minimum Gasteiger partial charge on any atom is -0.354 e. The molecule has 7 nitrogen and oxygen atoms in total. The van der Waals surface area contributed by atoms with Crippen molar-refractivity contribution >= 4 is 38.9 Å². The molecule has 0 saturated carbocycles.